The zero-order valence-electron chi connectivity index (χ0n) is 16.9. The number of benzene rings is 3. The summed E-state index contributed by atoms with van der Waals surface area (Å²) in [4.78, 5) is 13.6. The molecule has 3 aromatic carbocycles. The molecule has 1 N–H and O–H groups in total. The van der Waals surface area contributed by atoms with E-state index in [1.54, 1.807) is 60.8 Å². The van der Waals surface area contributed by atoms with Crippen LogP contribution >= 0.6 is 0 Å². The van der Waals surface area contributed by atoms with E-state index >= 15 is 0 Å². The van der Waals surface area contributed by atoms with Crippen LogP contribution in [0.5, 0.6) is 0 Å². The second-order valence-electron chi connectivity index (χ2n) is 7.12. The first-order valence-electron chi connectivity index (χ1n) is 9.74. The lowest BCUT2D eigenvalue weighted by Crippen LogP contribution is -2.23. The fourth-order valence-electron chi connectivity index (χ4n) is 3.46. The molecule has 1 heterocycles. The Morgan fingerprint density at radius 2 is 1.72 bits per heavy atom. The first kappa shape index (κ1) is 21.5. The average Bonchev–Trinajstić information content (AvgIpc) is 2.80. The minimum atomic E-state index is -1.94. The molecule has 4 rings (SSSR count). The highest BCUT2D eigenvalue weighted by molar-refractivity contribution is 7.78. The number of aromatic nitrogens is 2. The molecular formula is C25H19FN2O3S. The van der Waals surface area contributed by atoms with Crippen molar-refractivity contribution in [1.29, 1.82) is 0 Å². The molecule has 0 radical (unpaired) electrons. The topological polar surface area (TPSA) is 72.2 Å². The fourth-order valence-corrected chi connectivity index (χ4v) is 3.94. The lowest BCUT2D eigenvalue weighted by atomic mass is 9.96. The maximum absolute atomic E-state index is 13.6. The average molecular weight is 447 g/mol. The number of hydrogen-bond donors (Lipinski definition) is 1. The third-order valence-electron chi connectivity index (χ3n) is 5.02. The SMILES string of the molecule is C=Cc1cccc(-n2ncc(-c3ccc(CS(=O)O)cc3)c(-c3ccc(F)cc3)c2=O)c1. The van der Waals surface area contributed by atoms with E-state index in [9.17, 15) is 13.4 Å². The summed E-state index contributed by atoms with van der Waals surface area (Å²) in [7, 11) is 0. The summed E-state index contributed by atoms with van der Waals surface area (Å²) >= 11 is -1.94. The summed E-state index contributed by atoms with van der Waals surface area (Å²) in [6.07, 6.45) is 3.28. The van der Waals surface area contributed by atoms with E-state index in [0.717, 1.165) is 5.56 Å². The largest absolute Gasteiger partial charge is 0.306 e. The van der Waals surface area contributed by atoms with E-state index in [1.165, 1.54) is 16.8 Å². The third kappa shape index (κ3) is 4.49. The Morgan fingerprint density at radius 1 is 1.03 bits per heavy atom. The van der Waals surface area contributed by atoms with Gasteiger partial charge in [-0.3, -0.25) is 4.79 Å². The Bertz CT molecular complexity index is 1360. The molecule has 0 aliphatic carbocycles. The van der Waals surface area contributed by atoms with Gasteiger partial charge in [-0.2, -0.15) is 9.78 Å². The monoisotopic (exact) mass is 446 g/mol. The van der Waals surface area contributed by atoms with Crippen molar-refractivity contribution in [3.63, 3.8) is 0 Å². The second kappa shape index (κ2) is 9.21. The van der Waals surface area contributed by atoms with Crippen LogP contribution in [-0.4, -0.2) is 18.5 Å². The van der Waals surface area contributed by atoms with Gasteiger partial charge in [-0.05, 0) is 46.5 Å². The predicted molar refractivity (Wildman–Crippen MR) is 125 cm³/mol. The Labute approximate surface area is 186 Å². The molecule has 7 heteroatoms. The van der Waals surface area contributed by atoms with Gasteiger partial charge in [0.2, 0.25) is 0 Å². The van der Waals surface area contributed by atoms with E-state index in [1.807, 2.05) is 12.1 Å². The van der Waals surface area contributed by atoms with Crippen LogP contribution in [0.25, 0.3) is 34.0 Å². The molecule has 1 atom stereocenters. The maximum atomic E-state index is 13.6. The number of nitrogens with zero attached hydrogens (tertiary/aromatic N) is 2. The van der Waals surface area contributed by atoms with E-state index in [0.29, 0.717) is 33.5 Å². The van der Waals surface area contributed by atoms with Crippen molar-refractivity contribution >= 4 is 17.2 Å². The minimum absolute atomic E-state index is 0.0184. The molecule has 5 nitrogen and oxygen atoms in total. The molecule has 0 bridgehead atoms. The van der Waals surface area contributed by atoms with Gasteiger partial charge in [-0.25, -0.2) is 8.60 Å². The third-order valence-corrected chi connectivity index (χ3v) is 5.60. The maximum Gasteiger partial charge on any atom is 0.279 e. The van der Waals surface area contributed by atoms with Crippen molar-refractivity contribution in [1.82, 2.24) is 9.78 Å². The highest BCUT2D eigenvalue weighted by Gasteiger charge is 2.16. The van der Waals surface area contributed by atoms with Gasteiger partial charge in [0, 0.05) is 5.56 Å². The summed E-state index contributed by atoms with van der Waals surface area (Å²) in [5, 5.41) is 4.38. The normalized spacial score (nSPS) is 11.8. The number of halogens is 1. The van der Waals surface area contributed by atoms with Crippen molar-refractivity contribution in [2.24, 2.45) is 0 Å². The second-order valence-corrected chi connectivity index (χ2v) is 8.05. The molecule has 0 fully saturated rings. The molecule has 0 saturated heterocycles. The van der Waals surface area contributed by atoms with Crippen molar-refractivity contribution in [3.05, 3.63) is 113 Å². The highest BCUT2D eigenvalue weighted by Crippen LogP contribution is 2.30. The zero-order chi connectivity index (χ0) is 22.7. The number of hydrogen-bond acceptors (Lipinski definition) is 3. The van der Waals surface area contributed by atoms with Crippen molar-refractivity contribution in [3.8, 4) is 27.9 Å². The van der Waals surface area contributed by atoms with Crippen LogP contribution in [0.2, 0.25) is 0 Å². The molecule has 1 unspecified atom stereocenters. The van der Waals surface area contributed by atoms with Crippen molar-refractivity contribution in [2.75, 3.05) is 0 Å². The van der Waals surface area contributed by atoms with Gasteiger partial charge < -0.3 is 4.55 Å². The van der Waals surface area contributed by atoms with Crippen LogP contribution in [0.15, 0.2) is 90.4 Å². The molecule has 4 aromatic rings. The Hall–Kier alpha value is -3.68. The van der Waals surface area contributed by atoms with E-state index < -0.39 is 16.9 Å². The lowest BCUT2D eigenvalue weighted by molar-refractivity contribution is 0.563. The smallest absolute Gasteiger partial charge is 0.279 e. The van der Waals surface area contributed by atoms with Gasteiger partial charge in [0.25, 0.3) is 5.56 Å². The van der Waals surface area contributed by atoms with E-state index in [4.69, 9.17) is 4.55 Å². The summed E-state index contributed by atoms with van der Waals surface area (Å²) in [5.74, 6) is -0.380. The Morgan fingerprint density at radius 3 is 2.38 bits per heavy atom. The van der Waals surface area contributed by atoms with Crippen molar-refractivity contribution < 1.29 is 13.2 Å². The molecule has 32 heavy (non-hydrogen) atoms. The van der Waals surface area contributed by atoms with Crippen LogP contribution < -0.4 is 5.56 Å². The Kier molecular flexibility index (Phi) is 6.20. The standard InChI is InChI=1S/C25H19FN2O3S/c1-2-17-4-3-5-22(14-17)28-25(29)24(20-10-12-21(26)13-11-20)23(15-27-28)19-8-6-18(7-9-19)16-32(30)31/h2-15H,1,16H2,(H,30,31). The molecule has 0 saturated carbocycles. The van der Waals surface area contributed by atoms with E-state index in [-0.39, 0.29) is 11.3 Å². The first-order valence-corrected chi connectivity index (χ1v) is 11.0. The summed E-state index contributed by atoms with van der Waals surface area (Å²) in [6.45, 7) is 3.76. The van der Waals surface area contributed by atoms with Gasteiger partial charge in [-0.1, -0.05) is 61.2 Å². The van der Waals surface area contributed by atoms with Gasteiger partial charge in [0.1, 0.15) is 5.82 Å². The van der Waals surface area contributed by atoms with Gasteiger partial charge in [0.05, 0.1) is 23.2 Å². The summed E-state index contributed by atoms with van der Waals surface area (Å²) < 4.78 is 35.0. The quantitative estimate of drug-likeness (QED) is 0.420. The molecule has 0 amide bonds. The molecule has 0 aliphatic rings. The van der Waals surface area contributed by atoms with Crippen LogP contribution in [0.1, 0.15) is 11.1 Å². The predicted octanol–water partition coefficient (Wildman–Crippen LogP) is 5.07. The van der Waals surface area contributed by atoms with Crippen molar-refractivity contribution in [2.45, 2.75) is 5.75 Å². The first-order chi connectivity index (χ1) is 15.5. The molecule has 0 spiro atoms. The van der Waals surface area contributed by atoms with Crippen LogP contribution in [0, 0.1) is 5.82 Å². The molecule has 1 aromatic heterocycles. The highest BCUT2D eigenvalue weighted by atomic mass is 32.2. The van der Waals surface area contributed by atoms with Crippen LogP contribution in [-0.2, 0) is 16.8 Å². The number of rotatable bonds is 6. The van der Waals surface area contributed by atoms with Gasteiger partial charge in [0.15, 0.2) is 11.1 Å². The van der Waals surface area contributed by atoms with Crippen LogP contribution in [0.4, 0.5) is 4.39 Å². The molecular weight excluding hydrogens is 427 g/mol. The lowest BCUT2D eigenvalue weighted by Gasteiger charge is -2.13. The summed E-state index contributed by atoms with van der Waals surface area (Å²) in [5.41, 5.74) is 4.01. The minimum Gasteiger partial charge on any atom is -0.306 e. The van der Waals surface area contributed by atoms with Gasteiger partial charge in [-0.15, -0.1) is 0 Å². The Balaban J connectivity index is 1.91. The zero-order valence-corrected chi connectivity index (χ0v) is 17.8. The van der Waals surface area contributed by atoms with E-state index in [2.05, 4.69) is 11.7 Å². The van der Waals surface area contributed by atoms with Crippen LogP contribution in [0.3, 0.4) is 0 Å². The summed E-state index contributed by atoms with van der Waals surface area (Å²) in [6, 6.07) is 20.0. The molecule has 160 valence electrons. The molecule has 0 aliphatic heterocycles. The fraction of sp³-hybridized carbons (Fsp3) is 0.0400. The van der Waals surface area contributed by atoms with Gasteiger partial charge >= 0.3 is 0 Å².